The molecule has 1 unspecified atom stereocenters. The van der Waals surface area contributed by atoms with E-state index in [4.69, 9.17) is 0 Å². The van der Waals surface area contributed by atoms with Gasteiger partial charge in [-0.15, -0.1) is 0 Å². The van der Waals surface area contributed by atoms with E-state index >= 15 is 0 Å². The van der Waals surface area contributed by atoms with E-state index in [0.29, 0.717) is 12.0 Å². The molecule has 4 heteroatoms. The third-order valence-electron chi connectivity index (χ3n) is 3.97. The third kappa shape index (κ3) is 2.90. The van der Waals surface area contributed by atoms with Gasteiger partial charge in [0.25, 0.3) is 5.69 Å². The van der Waals surface area contributed by atoms with Crippen LogP contribution in [0.5, 0.6) is 0 Å². The van der Waals surface area contributed by atoms with E-state index < -0.39 is 10.8 Å². The van der Waals surface area contributed by atoms with Crippen molar-refractivity contribution in [1.29, 1.82) is 5.26 Å². The van der Waals surface area contributed by atoms with Crippen LogP contribution < -0.4 is 0 Å². The molecule has 1 atom stereocenters. The topological polar surface area (TPSA) is 66.9 Å². The van der Waals surface area contributed by atoms with Crippen LogP contribution in [0.2, 0.25) is 0 Å². The highest BCUT2D eigenvalue weighted by Crippen LogP contribution is 2.30. The molecule has 0 heterocycles. The van der Waals surface area contributed by atoms with E-state index in [2.05, 4.69) is 6.07 Å². The van der Waals surface area contributed by atoms with Gasteiger partial charge in [0.2, 0.25) is 0 Å². The van der Waals surface area contributed by atoms with Gasteiger partial charge in [-0.2, -0.15) is 5.26 Å². The normalized spacial score (nSPS) is 11.8. The fourth-order valence-electron chi connectivity index (χ4n) is 2.86. The molecule has 3 rings (SSSR count). The van der Waals surface area contributed by atoms with Crippen molar-refractivity contribution in [3.8, 4) is 6.07 Å². The molecule has 0 bridgehead atoms. The molecule has 0 spiro atoms. The van der Waals surface area contributed by atoms with E-state index in [-0.39, 0.29) is 5.69 Å². The minimum absolute atomic E-state index is 0.0630. The smallest absolute Gasteiger partial charge is 0.258 e. The number of nitrogens with zero attached hydrogens (tertiary/aromatic N) is 2. The fourth-order valence-corrected chi connectivity index (χ4v) is 2.86. The number of hydrogen-bond acceptors (Lipinski definition) is 3. The summed E-state index contributed by atoms with van der Waals surface area (Å²) in [5.41, 5.74) is 1.55. The summed E-state index contributed by atoms with van der Waals surface area (Å²) in [5, 5.41) is 22.8. The zero-order valence-corrected chi connectivity index (χ0v) is 12.3. The van der Waals surface area contributed by atoms with Crippen LogP contribution in [0.15, 0.2) is 66.7 Å². The molecule has 3 aromatic rings. The van der Waals surface area contributed by atoms with Gasteiger partial charge in [-0.3, -0.25) is 10.1 Å². The standard InChI is InChI=1S/C19H14N2O2/c20-13-16(12-15-7-2-4-11-19(15)21(22)23)18-10-5-8-14-6-1-3-9-17(14)18/h1-11,16H,12H2. The van der Waals surface area contributed by atoms with Crippen molar-refractivity contribution < 1.29 is 4.92 Å². The predicted molar refractivity (Wildman–Crippen MR) is 89.1 cm³/mol. The fraction of sp³-hybridized carbons (Fsp3) is 0.105. The van der Waals surface area contributed by atoms with Gasteiger partial charge in [0.15, 0.2) is 0 Å². The summed E-state index contributed by atoms with van der Waals surface area (Å²) in [6, 6.07) is 22.6. The van der Waals surface area contributed by atoms with E-state index in [1.165, 1.54) is 6.07 Å². The lowest BCUT2D eigenvalue weighted by molar-refractivity contribution is -0.385. The van der Waals surface area contributed by atoms with Gasteiger partial charge in [-0.25, -0.2) is 0 Å². The predicted octanol–water partition coefficient (Wildman–Crippen LogP) is 4.60. The monoisotopic (exact) mass is 302 g/mol. The molecule has 3 aromatic carbocycles. The molecule has 0 radical (unpaired) electrons. The molecule has 0 N–H and O–H groups in total. The minimum atomic E-state index is -0.429. The second kappa shape index (κ2) is 6.29. The van der Waals surface area contributed by atoms with Crippen molar-refractivity contribution in [2.75, 3.05) is 0 Å². The van der Waals surface area contributed by atoms with Crippen LogP contribution in [0.4, 0.5) is 5.69 Å². The Hall–Kier alpha value is -3.19. The first-order chi connectivity index (χ1) is 11.2. The summed E-state index contributed by atoms with van der Waals surface area (Å²) >= 11 is 0. The highest BCUT2D eigenvalue weighted by Gasteiger charge is 2.20. The summed E-state index contributed by atoms with van der Waals surface area (Å²) in [7, 11) is 0. The molecule has 0 saturated heterocycles. The molecule has 0 saturated carbocycles. The van der Waals surface area contributed by atoms with Crippen molar-refractivity contribution in [3.63, 3.8) is 0 Å². The van der Waals surface area contributed by atoms with Gasteiger partial charge < -0.3 is 0 Å². The third-order valence-corrected chi connectivity index (χ3v) is 3.97. The van der Waals surface area contributed by atoms with Crippen molar-refractivity contribution in [2.24, 2.45) is 0 Å². The number of nitro benzene ring substituents is 1. The average molecular weight is 302 g/mol. The first-order valence-corrected chi connectivity index (χ1v) is 7.30. The average Bonchev–Trinajstić information content (AvgIpc) is 2.59. The maximum absolute atomic E-state index is 11.2. The van der Waals surface area contributed by atoms with E-state index in [1.54, 1.807) is 18.2 Å². The highest BCUT2D eigenvalue weighted by molar-refractivity contribution is 5.86. The van der Waals surface area contributed by atoms with Crippen LogP contribution >= 0.6 is 0 Å². The number of nitro groups is 1. The number of hydrogen-bond donors (Lipinski definition) is 0. The van der Waals surface area contributed by atoms with Crippen LogP contribution in [0, 0.1) is 21.4 Å². The van der Waals surface area contributed by atoms with Crippen LogP contribution in [0.1, 0.15) is 17.0 Å². The second-order valence-electron chi connectivity index (χ2n) is 5.34. The quantitative estimate of drug-likeness (QED) is 0.522. The summed E-state index contributed by atoms with van der Waals surface area (Å²) in [6.07, 6.45) is 0.321. The van der Waals surface area contributed by atoms with Gasteiger partial charge in [-0.1, -0.05) is 60.7 Å². The van der Waals surface area contributed by atoms with Crippen LogP contribution in [0.3, 0.4) is 0 Å². The summed E-state index contributed by atoms with van der Waals surface area (Å²) in [6.45, 7) is 0. The van der Waals surface area contributed by atoms with Crippen molar-refractivity contribution in [1.82, 2.24) is 0 Å². The number of rotatable bonds is 4. The number of nitriles is 1. The van der Waals surface area contributed by atoms with Gasteiger partial charge in [-0.05, 0) is 22.8 Å². The van der Waals surface area contributed by atoms with Crippen LogP contribution in [-0.4, -0.2) is 4.92 Å². The van der Waals surface area contributed by atoms with E-state index in [9.17, 15) is 15.4 Å². The minimum Gasteiger partial charge on any atom is -0.258 e. The molecular weight excluding hydrogens is 288 g/mol. The Morgan fingerprint density at radius 3 is 2.48 bits per heavy atom. The summed E-state index contributed by atoms with van der Waals surface area (Å²) in [5.74, 6) is -0.429. The molecular formula is C19H14N2O2. The molecule has 0 fully saturated rings. The summed E-state index contributed by atoms with van der Waals surface area (Å²) in [4.78, 5) is 10.8. The van der Waals surface area contributed by atoms with E-state index in [1.807, 2.05) is 42.5 Å². The highest BCUT2D eigenvalue weighted by atomic mass is 16.6. The SMILES string of the molecule is N#CC(Cc1ccccc1[N+](=O)[O-])c1cccc2ccccc12. The molecule has 0 aliphatic carbocycles. The Morgan fingerprint density at radius 2 is 1.70 bits per heavy atom. The molecule has 0 aliphatic heterocycles. The molecule has 0 aliphatic rings. The Labute approximate surface area is 133 Å². The first kappa shape index (κ1) is 14.7. The van der Waals surface area contributed by atoms with Crippen molar-refractivity contribution in [2.45, 2.75) is 12.3 Å². The first-order valence-electron chi connectivity index (χ1n) is 7.30. The molecule has 112 valence electrons. The van der Waals surface area contributed by atoms with Crippen LogP contribution in [-0.2, 0) is 6.42 Å². The van der Waals surface area contributed by atoms with Gasteiger partial charge in [0.05, 0.1) is 16.9 Å². The number of fused-ring (bicyclic) bond motifs is 1. The second-order valence-corrected chi connectivity index (χ2v) is 5.34. The van der Waals surface area contributed by atoms with E-state index in [0.717, 1.165) is 16.3 Å². The lowest BCUT2D eigenvalue weighted by Crippen LogP contribution is -2.04. The van der Waals surface area contributed by atoms with Crippen LogP contribution in [0.25, 0.3) is 10.8 Å². The van der Waals surface area contributed by atoms with Crippen molar-refractivity contribution >= 4 is 16.5 Å². The molecule has 4 nitrogen and oxygen atoms in total. The number of para-hydroxylation sites is 1. The Bertz CT molecular complexity index is 907. The lowest BCUT2D eigenvalue weighted by atomic mass is 9.89. The molecule has 0 amide bonds. The number of benzene rings is 3. The maximum atomic E-state index is 11.2. The summed E-state index contributed by atoms with van der Waals surface area (Å²) < 4.78 is 0. The largest absolute Gasteiger partial charge is 0.272 e. The zero-order valence-electron chi connectivity index (χ0n) is 12.3. The molecule has 0 aromatic heterocycles. The van der Waals surface area contributed by atoms with Gasteiger partial charge >= 0.3 is 0 Å². The molecule has 23 heavy (non-hydrogen) atoms. The van der Waals surface area contributed by atoms with Gasteiger partial charge in [0.1, 0.15) is 0 Å². The van der Waals surface area contributed by atoms with Gasteiger partial charge in [0, 0.05) is 11.6 Å². The maximum Gasteiger partial charge on any atom is 0.272 e. The Kier molecular flexibility index (Phi) is 4.03. The lowest BCUT2D eigenvalue weighted by Gasteiger charge is -2.13. The van der Waals surface area contributed by atoms with Crippen molar-refractivity contribution in [3.05, 3.63) is 88.0 Å². The Morgan fingerprint density at radius 1 is 1.00 bits per heavy atom. The zero-order chi connectivity index (χ0) is 16.2. The Balaban J connectivity index is 2.04.